The maximum atomic E-state index is 9.11. The molecule has 1 heterocycles. The maximum absolute atomic E-state index is 9.11. The first-order valence-corrected chi connectivity index (χ1v) is 6.49. The van der Waals surface area contributed by atoms with E-state index in [2.05, 4.69) is 11.8 Å². The zero-order valence-corrected chi connectivity index (χ0v) is 9.67. The fraction of sp³-hybridized carbons (Fsp3) is 1.00. The highest BCUT2D eigenvalue weighted by molar-refractivity contribution is 7.99. The molecule has 0 unspecified atom stereocenters. The fourth-order valence-electron chi connectivity index (χ4n) is 1.97. The highest BCUT2D eigenvalue weighted by Gasteiger charge is 2.30. The number of hydrogen-bond acceptors (Lipinski definition) is 4. The van der Waals surface area contributed by atoms with E-state index in [4.69, 9.17) is 10.2 Å². The summed E-state index contributed by atoms with van der Waals surface area (Å²) in [4.78, 5) is 2.35. The molecular weight excluding hydrogens is 198 g/mol. The van der Waals surface area contributed by atoms with Gasteiger partial charge in [-0.25, -0.2) is 0 Å². The van der Waals surface area contributed by atoms with Crippen LogP contribution in [0.4, 0.5) is 0 Å². The van der Waals surface area contributed by atoms with Gasteiger partial charge in [0.25, 0.3) is 0 Å². The lowest BCUT2D eigenvalue weighted by Crippen LogP contribution is -2.24. The highest BCUT2D eigenvalue weighted by atomic mass is 32.2. The van der Waals surface area contributed by atoms with Crippen LogP contribution < -0.4 is 0 Å². The van der Waals surface area contributed by atoms with E-state index in [1.54, 1.807) is 0 Å². The van der Waals surface area contributed by atoms with Gasteiger partial charge in [0.15, 0.2) is 0 Å². The van der Waals surface area contributed by atoms with Crippen molar-refractivity contribution in [3.8, 4) is 0 Å². The normalized spacial score (nSPS) is 28.5. The van der Waals surface area contributed by atoms with Gasteiger partial charge in [-0.1, -0.05) is 6.92 Å². The van der Waals surface area contributed by atoms with Crippen LogP contribution in [-0.4, -0.2) is 59.5 Å². The van der Waals surface area contributed by atoms with Crippen LogP contribution in [0.1, 0.15) is 6.92 Å². The molecule has 0 amide bonds. The van der Waals surface area contributed by atoms with Gasteiger partial charge in [-0.15, -0.1) is 0 Å². The van der Waals surface area contributed by atoms with Crippen molar-refractivity contribution in [1.29, 1.82) is 0 Å². The molecule has 0 aromatic rings. The minimum absolute atomic E-state index is 0.211. The monoisotopic (exact) mass is 219 g/mol. The summed E-state index contributed by atoms with van der Waals surface area (Å²) in [6, 6.07) is 0. The van der Waals surface area contributed by atoms with Crippen molar-refractivity contribution in [1.82, 2.24) is 4.90 Å². The summed E-state index contributed by atoms with van der Waals surface area (Å²) >= 11 is 1.95. The molecule has 0 aliphatic carbocycles. The molecule has 1 saturated heterocycles. The lowest BCUT2D eigenvalue weighted by molar-refractivity contribution is 0.152. The third-order valence-electron chi connectivity index (χ3n) is 2.88. The number of thioether (sulfide) groups is 1. The standard InChI is InChI=1S/C10H21NO2S/c1-2-14-4-3-11-5-9(7-12)10(6-11)8-13/h9-10,12-13H,2-8H2,1H3/t9-,10-/m0/s1. The Morgan fingerprint density at radius 1 is 1.21 bits per heavy atom. The van der Waals surface area contributed by atoms with Crippen LogP contribution in [0.25, 0.3) is 0 Å². The predicted octanol–water partition coefficient (Wildman–Crippen LogP) is 0.272. The Labute approximate surface area is 90.5 Å². The number of likely N-dealkylation sites (tertiary alicyclic amines) is 1. The van der Waals surface area contributed by atoms with E-state index in [-0.39, 0.29) is 25.0 Å². The molecule has 3 nitrogen and oxygen atoms in total. The molecular formula is C10H21NO2S. The predicted molar refractivity (Wildman–Crippen MR) is 60.6 cm³/mol. The van der Waals surface area contributed by atoms with Gasteiger partial charge in [0.05, 0.1) is 0 Å². The largest absolute Gasteiger partial charge is 0.396 e. The number of aliphatic hydroxyl groups is 2. The summed E-state index contributed by atoms with van der Waals surface area (Å²) in [5, 5.41) is 18.2. The Hall–Kier alpha value is 0.230. The molecule has 1 aliphatic heterocycles. The van der Waals surface area contributed by atoms with E-state index in [1.165, 1.54) is 5.75 Å². The van der Waals surface area contributed by atoms with E-state index >= 15 is 0 Å². The van der Waals surface area contributed by atoms with Crippen LogP contribution in [-0.2, 0) is 0 Å². The van der Waals surface area contributed by atoms with Gasteiger partial charge in [-0.2, -0.15) is 11.8 Å². The molecule has 0 saturated carbocycles. The minimum Gasteiger partial charge on any atom is -0.396 e. The first kappa shape index (κ1) is 12.3. The summed E-state index contributed by atoms with van der Waals surface area (Å²) in [6.45, 7) is 5.58. The lowest BCUT2D eigenvalue weighted by Gasteiger charge is -2.14. The molecule has 1 aliphatic rings. The van der Waals surface area contributed by atoms with Crippen LogP contribution in [0.5, 0.6) is 0 Å². The van der Waals surface area contributed by atoms with Crippen molar-refractivity contribution in [3.05, 3.63) is 0 Å². The molecule has 2 atom stereocenters. The molecule has 4 heteroatoms. The molecule has 0 radical (unpaired) electrons. The minimum atomic E-state index is 0.211. The summed E-state index contributed by atoms with van der Waals surface area (Å²) in [5.41, 5.74) is 0. The highest BCUT2D eigenvalue weighted by Crippen LogP contribution is 2.22. The smallest absolute Gasteiger partial charge is 0.0475 e. The van der Waals surface area contributed by atoms with Crippen molar-refractivity contribution < 1.29 is 10.2 Å². The zero-order valence-electron chi connectivity index (χ0n) is 8.85. The first-order chi connectivity index (χ1) is 6.81. The Morgan fingerprint density at radius 3 is 2.21 bits per heavy atom. The second-order valence-electron chi connectivity index (χ2n) is 3.84. The average molecular weight is 219 g/mol. The van der Waals surface area contributed by atoms with Crippen molar-refractivity contribution >= 4 is 11.8 Å². The third kappa shape index (κ3) is 3.42. The number of aliphatic hydroxyl groups excluding tert-OH is 2. The van der Waals surface area contributed by atoms with Gasteiger partial charge in [-0.05, 0) is 5.75 Å². The second-order valence-corrected chi connectivity index (χ2v) is 5.24. The summed E-state index contributed by atoms with van der Waals surface area (Å²) in [6.07, 6.45) is 0. The molecule has 1 fully saturated rings. The summed E-state index contributed by atoms with van der Waals surface area (Å²) < 4.78 is 0. The topological polar surface area (TPSA) is 43.7 Å². The lowest BCUT2D eigenvalue weighted by atomic mass is 9.98. The Bertz CT molecular complexity index is 145. The van der Waals surface area contributed by atoms with Gasteiger partial charge in [0, 0.05) is 50.4 Å². The average Bonchev–Trinajstić information content (AvgIpc) is 2.61. The number of nitrogens with zero attached hydrogens (tertiary/aromatic N) is 1. The number of rotatable bonds is 6. The second kappa shape index (κ2) is 6.67. The maximum Gasteiger partial charge on any atom is 0.0475 e. The van der Waals surface area contributed by atoms with Crippen LogP contribution in [0.15, 0.2) is 0 Å². The van der Waals surface area contributed by atoms with Crippen LogP contribution in [0.3, 0.4) is 0 Å². The van der Waals surface area contributed by atoms with E-state index in [1.807, 2.05) is 11.8 Å². The Kier molecular flexibility index (Phi) is 5.86. The van der Waals surface area contributed by atoms with Gasteiger partial charge >= 0.3 is 0 Å². The van der Waals surface area contributed by atoms with E-state index in [0.29, 0.717) is 0 Å². The van der Waals surface area contributed by atoms with Gasteiger partial charge in [-0.3, -0.25) is 0 Å². The first-order valence-electron chi connectivity index (χ1n) is 5.33. The number of hydrogen-bond donors (Lipinski definition) is 2. The molecule has 0 spiro atoms. The van der Waals surface area contributed by atoms with Gasteiger partial charge in [0.2, 0.25) is 0 Å². The van der Waals surface area contributed by atoms with Crippen molar-refractivity contribution in [2.45, 2.75) is 6.92 Å². The van der Waals surface area contributed by atoms with Crippen molar-refractivity contribution in [2.24, 2.45) is 11.8 Å². The fourth-order valence-corrected chi connectivity index (χ4v) is 2.65. The Balaban J connectivity index is 2.23. The molecule has 0 bridgehead atoms. The van der Waals surface area contributed by atoms with Gasteiger partial charge < -0.3 is 15.1 Å². The van der Waals surface area contributed by atoms with E-state index in [9.17, 15) is 0 Å². The van der Waals surface area contributed by atoms with Crippen molar-refractivity contribution in [3.63, 3.8) is 0 Å². The van der Waals surface area contributed by atoms with Crippen LogP contribution in [0.2, 0.25) is 0 Å². The quantitative estimate of drug-likeness (QED) is 0.630. The Morgan fingerprint density at radius 2 is 1.79 bits per heavy atom. The molecule has 0 aromatic carbocycles. The van der Waals surface area contributed by atoms with E-state index < -0.39 is 0 Å². The molecule has 84 valence electrons. The van der Waals surface area contributed by atoms with Crippen LogP contribution >= 0.6 is 11.8 Å². The van der Waals surface area contributed by atoms with E-state index in [0.717, 1.165) is 25.4 Å². The van der Waals surface area contributed by atoms with Crippen molar-refractivity contribution in [2.75, 3.05) is 44.4 Å². The SMILES string of the molecule is CCSCCN1C[C@@H](CO)[C@H](CO)C1. The summed E-state index contributed by atoms with van der Waals surface area (Å²) in [5.74, 6) is 2.89. The third-order valence-corrected chi connectivity index (χ3v) is 3.76. The summed E-state index contributed by atoms with van der Waals surface area (Å²) in [7, 11) is 0. The van der Waals surface area contributed by atoms with Gasteiger partial charge in [0.1, 0.15) is 0 Å². The molecule has 14 heavy (non-hydrogen) atoms. The zero-order chi connectivity index (χ0) is 10.4. The molecule has 0 aromatic heterocycles. The molecule has 2 N–H and O–H groups in total. The molecule has 1 rings (SSSR count). The van der Waals surface area contributed by atoms with Crippen LogP contribution in [0, 0.1) is 11.8 Å².